The maximum absolute atomic E-state index is 11.8. The van der Waals surface area contributed by atoms with Gasteiger partial charge in [0.2, 0.25) is 0 Å². The van der Waals surface area contributed by atoms with E-state index in [1.54, 1.807) is 0 Å². The summed E-state index contributed by atoms with van der Waals surface area (Å²) in [6.45, 7) is 1.73. The van der Waals surface area contributed by atoms with Gasteiger partial charge < -0.3 is 24.4 Å². The molecule has 1 N–H and O–H groups in total. The molecule has 2 unspecified atom stereocenters. The first-order valence-corrected chi connectivity index (χ1v) is 11.1. The second-order valence-electron chi connectivity index (χ2n) is 7.97. The van der Waals surface area contributed by atoms with Crippen LogP contribution in [0.4, 0.5) is 4.79 Å². The molecule has 10 heteroatoms. The van der Waals surface area contributed by atoms with E-state index in [-0.39, 0.29) is 32.5 Å². The van der Waals surface area contributed by atoms with Gasteiger partial charge in [-0.2, -0.15) is 0 Å². The van der Waals surface area contributed by atoms with Crippen molar-refractivity contribution in [2.75, 3.05) is 39.6 Å². The smallest absolute Gasteiger partial charge is 0.407 e. The Hall–Kier alpha value is -2.64. The average molecular weight is 450 g/mol. The minimum absolute atomic E-state index is 0.0593. The first-order valence-electron chi connectivity index (χ1n) is 11.1. The van der Waals surface area contributed by atoms with Crippen molar-refractivity contribution < 1.29 is 38.2 Å². The monoisotopic (exact) mass is 450 g/mol. The Labute approximate surface area is 187 Å². The molecule has 1 heterocycles. The molecule has 3 aliphatic rings. The lowest BCUT2D eigenvalue weighted by Gasteiger charge is -2.12. The summed E-state index contributed by atoms with van der Waals surface area (Å²) in [4.78, 5) is 50.8. The van der Waals surface area contributed by atoms with Crippen molar-refractivity contribution in [3.63, 3.8) is 0 Å². The van der Waals surface area contributed by atoms with Crippen molar-refractivity contribution in [1.29, 1.82) is 0 Å². The zero-order valence-corrected chi connectivity index (χ0v) is 18.1. The highest BCUT2D eigenvalue weighted by atomic mass is 16.7. The largest absolute Gasteiger partial charge is 0.449 e. The molecule has 2 fully saturated rings. The van der Waals surface area contributed by atoms with Crippen LogP contribution in [0.5, 0.6) is 0 Å². The van der Waals surface area contributed by atoms with Gasteiger partial charge in [0.25, 0.3) is 11.8 Å². The van der Waals surface area contributed by atoms with Crippen molar-refractivity contribution in [3.05, 3.63) is 0 Å². The van der Waals surface area contributed by atoms with Gasteiger partial charge in [-0.15, -0.1) is 16.9 Å². The van der Waals surface area contributed by atoms with Crippen molar-refractivity contribution in [2.45, 2.75) is 44.9 Å². The Balaban J connectivity index is 1.11. The maximum Gasteiger partial charge on any atom is 0.407 e. The number of hydroxylamine groups is 2. The van der Waals surface area contributed by atoms with Gasteiger partial charge in [-0.05, 0) is 30.6 Å². The summed E-state index contributed by atoms with van der Waals surface area (Å²) in [5.41, 5.74) is 0. The van der Waals surface area contributed by atoms with Crippen LogP contribution in [0.3, 0.4) is 0 Å². The number of hydrogen-bond acceptors (Lipinski definition) is 8. The first kappa shape index (κ1) is 24.0. The molecule has 1 saturated heterocycles. The number of amides is 3. The van der Waals surface area contributed by atoms with Crippen LogP contribution >= 0.6 is 0 Å². The summed E-state index contributed by atoms with van der Waals surface area (Å²) in [6, 6.07) is 0. The highest BCUT2D eigenvalue weighted by Gasteiger charge is 2.49. The van der Waals surface area contributed by atoms with Gasteiger partial charge in [0.1, 0.15) is 0 Å². The van der Waals surface area contributed by atoms with E-state index in [9.17, 15) is 19.2 Å². The molecule has 0 aromatic heterocycles. The number of nitrogens with zero attached hydrogens (tertiary/aromatic N) is 1. The fraction of sp³-hybridized carbons (Fsp3) is 0.727. The number of carbonyl (C=O) groups excluding carboxylic acids is 4. The van der Waals surface area contributed by atoms with Crippen LogP contribution in [0.25, 0.3) is 0 Å². The molecule has 1 saturated carbocycles. The lowest BCUT2D eigenvalue weighted by Crippen LogP contribution is -2.32. The van der Waals surface area contributed by atoms with Gasteiger partial charge in [-0.1, -0.05) is 0 Å². The van der Waals surface area contributed by atoms with E-state index in [4.69, 9.17) is 19.0 Å². The fourth-order valence-corrected chi connectivity index (χ4v) is 4.01. The molecule has 3 amide bonds. The molecule has 0 spiro atoms. The lowest BCUT2D eigenvalue weighted by molar-refractivity contribution is -0.198. The quantitative estimate of drug-likeness (QED) is 0.267. The summed E-state index contributed by atoms with van der Waals surface area (Å²) in [7, 11) is 0. The second kappa shape index (κ2) is 12.4. The van der Waals surface area contributed by atoms with Gasteiger partial charge in [-0.3, -0.25) is 9.59 Å². The Bertz CT molecular complexity index is 725. The molecule has 3 rings (SSSR count). The Morgan fingerprint density at radius 1 is 0.938 bits per heavy atom. The first-order chi connectivity index (χ1) is 15.6. The molecule has 0 aromatic carbocycles. The molecule has 0 bridgehead atoms. The highest BCUT2D eigenvalue weighted by molar-refractivity contribution is 6.01. The number of carbonyl (C=O) groups is 4. The number of fused-ring (bicyclic) bond motifs is 1. The molecular formula is C22H30N2O8. The topological polar surface area (TPSA) is 120 Å². The Morgan fingerprint density at radius 3 is 2.22 bits per heavy atom. The molecular weight excluding hydrogens is 420 g/mol. The Morgan fingerprint density at radius 2 is 1.56 bits per heavy atom. The number of hydrogen-bond donors (Lipinski definition) is 1. The zero-order valence-electron chi connectivity index (χ0n) is 18.1. The summed E-state index contributed by atoms with van der Waals surface area (Å²) in [5, 5.41) is 3.17. The normalized spacial score (nSPS) is 24.0. The summed E-state index contributed by atoms with van der Waals surface area (Å²) < 4.78 is 15.9. The predicted molar refractivity (Wildman–Crippen MR) is 109 cm³/mol. The molecule has 1 aliphatic heterocycles. The van der Waals surface area contributed by atoms with Gasteiger partial charge in [0, 0.05) is 32.2 Å². The van der Waals surface area contributed by atoms with Crippen LogP contribution in [-0.2, 0) is 33.4 Å². The van der Waals surface area contributed by atoms with Crippen molar-refractivity contribution in [2.24, 2.45) is 17.8 Å². The Kier molecular flexibility index (Phi) is 9.31. The molecule has 2 aliphatic carbocycles. The zero-order chi connectivity index (χ0) is 22.8. The van der Waals surface area contributed by atoms with E-state index in [2.05, 4.69) is 17.2 Å². The molecule has 0 radical (unpaired) electrons. The van der Waals surface area contributed by atoms with Crippen LogP contribution in [-0.4, -0.2) is 68.5 Å². The van der Waals surface area contributed by atoms with E-state index < -0.39 is 23.9 Å². The molecule has 0 aromatic rings. The van der Waals surface area contributed by atoms with Crippen LogP contribution in [0, 0.1) is 29.6 Å². The van der Waals surface area contributed by atoms with Crippen LogP contribution in [0.15, 0.2) is 0 Å². The predicted octanol–water partition coefficient (Wildman–Crippen LogP) is 1.18. The third kappa shape index (κ3) is 7.50. The van der Waals surface area contributed by atoms with Crippen LogP contribution in [0.2, 0.25) is 0 Å². The van der Waals surface area contributed by atoms with Crippen molar-refractivity contribution in [1.82, 2.24) is 10.4 Å². The van der Waals surface area contributed by atoms with E-state index in [0.29, 0.717) is 49.2 Å². The number of alkyl carbamates (subject to hydrolysis) is 1. The third-order valence-corrected chi connectivity index (χ3v) is 5.78. The van der Waals surface area contributed by atoms with E-state index in [1.165, 1.54) is 0 Å². The summed E-state index contributed by atoms with van der Waals surface area (Å²) in [5.74, 6) is 6.36. The lowest BCUT2D eigenvalue weighted by atomic mass is 10.1. The van der Waals surface area contributed by atoms with Gasteiger partial charge in [0.15, 0.2) is 0 Å². The van der Waals surface area contributed by atoms with Crippen LogP contribution < -0.4 is 5.32 Å². The second-order valence-corrected chi connectivity index (χ2v) is 7.97. The fourth-order valence-electron chi connectivity index (χ4n) is 4.01. The maximum atomic E-state index is 11.8. The van der Waals surface area contributed by atoms with Gasteiger partial charge in [-0.25, -0.2) is 9.59 Å². The average Bonchev–Trinajstić information content (AvgIpc) is 3.30. The van der Waals surface area contributed by atoms with E-state index in [1.807, 2.05) is 0 Å². The number of rotatable bonds is 12. The highest BCUT2D eigenvalue weighted by Crippen LogP contribution is 2.52. The van der Waals surface area contributed by atoms with E-state index in [0.717, 1.165) is 25.7 Å². The van der Waals surface area contributed by atoms with Gasteiger partial charge >= 0.3 is 12.1 Å². The van der Waals surface area contributed by atoms with Crippen molar-refractivity contribution >= 4 is 23.9 Å². The van der Waals surface area contributed by atoms with Gasteiger partial charge in [0.05, 0.1) is 39.5 Å². The van der Waals surface area contributed by atoms with Crippen LogP contribution in [0.1, 0.15) is 44.9 Å². The number of nitrogens with one attached hydrogen (secondary N) is 1. The molecule has 176 valence electrons. The molecule has 10 nitrogen and oxygen atoms in total. The summed E-state index contributed by atoms with van der Waals surface area (Å²) in [6.07, 6.45) is 3.68. The SMILES string of the molecule is O=C(CCOCCOCCNC(=O)OCC1C2CCC#CCCC21)ON1C(=O)CCC1=O. The number of ether oxygens (including phenoxy) is 3. The molecule has 32 heavy (non-hydrogen) atoms. The van der Waals surface area contributed by atoms with E-state index >= 15 is 0 Å². The van der Waals surface area contributed by atoms with Crippen molar-refractivity contribution in [3.8, 4) is 11.8 Å². The molecule has 2 atom stereocenters. The standard InChI is InChI=1S/C22H30N2O8/c25-19-7-8-20(26)24(19)32-21(27)9-11-29-13-14-30-12-10-23-22(28)31-15-18-16-5-3-1-2-4-6-17(16)18/h16-18H,3-15H2,(H,23,28). The minimum Gasteiger partial charge on any atom is -0.449 e. The summed E-state index contributed by atoms with van der Waals surface area (Å²) >= 11 is 0. The minimum atomic E-state index is -0.706. The third-order valence-electron chi connectivity index (χ3n) is 5.78. The number of imide groups is 1.